The summed E-state index contributed by atoms with van der Waals surface area (Å²) in [7, 11) is 0. The minimum absolute atomic E-state index is 0.211. The fourth-order valence-corrected chi connectivity index (χ4v) is 2.41. The Morgan fingerprint density at radius 2 is 1.09 bits per heavy atom. The zero-order valence-electron chi connectivity index (χ0n) is 21.1. The van der Waals surface area contributed by atoms with Crippen molar-refractivity contribution in [2.75, 3.05) is 19.8 Å². The Morgan fingerprint density at radius 3 is 1.55 bits per heavy atom. The molecule has 0 aromatic rings. The summed E-state index contributed by atoms with van der Waals surface area (Å²) < 4.78 is 31.7. The third kappa shape index (κ3) is 17.2. The minimum atomic E-state index is -0.869. The maximum Gasteiger partial charge on any atom is 0.337 e. The van der Waals surface area contributed by atoms with Gasteiger partial charge in [-0.1, -0.05) is 40.0 Å². The van der Waals surface area contributed by atoms with Crippen LogP contribution in [0.3, 0.4) is 0 Å². The normalized spacial score (nSPS) is 14.3. The third-order valence-corrected chi connectivity index (χ3v) is 4.29. The van der Waals surface area contributed by atoms with Gasteiger partial charge in [-0.25, -0.2) is 9.59 Å². The van der Waals surface area contributed by atoms with Crippen molar-refractivity contribution in [1.29, 1.82) is 0 Å². The fraction of sp³-hybridized carbons (Fsp3) is 0.792. The lowest BCUT2D eigenvalue weighted by Gasteiger charge is -2.17. The first-order valence-electron chi connectivity index (χ1n) is 11.9. The van der Waals surface area contributed by atoms with Crippen LogP contribution in [-0.4, -0.2) is 56.6 Å². The van der Waals surface area contributed by atoms with E-state index in [1.54, 1.807) is 20.8 Å². The molecule has 0 saturated carbocycles. The lowest BCUT2D eigenvalue weighted by molar-refractivity contribution is -0.178. The molecule has 0 saturated heterocycles. The van der Waals surface area contributed by atoms with Crippen LogP contribution in [0.15, 0.2) is 11.6 Å². The first-order valence-corrected chi connectivity index (χ1v) is 11.9. The number of rotatable bonds is 19. The van der Waals surface area contributed by atoms with E-state index in [0.29, 0.717) is 19.8 Å². The lowest BCUT2D eigenvalue weighted by atomic mass is 10.2. The second kappa shape index (κ2) is 19.5. The number of ether oxygens (including phenoxy) is 6. The monoisotopic (exact) mass is 474 g/mol. The van der Waals surface area contributed by atoms with Gasteiger partial charge in [0.25, 0.3) is 0 Å². The van der Waals surface area contributed by atoms with E-state index in [9.17, 15) is 14.4 Å². The van der Waals surface area contributed by atoms with Gasteiger partial charge in [0.2, 0.25) is 0 Å². The van der Waals surface area contributed by atoms with Gasteiger partial charge in [-0.2, -0.15) is 0 Å². The Balaban J connectivity index is 5.09. The largest absolute Gasteiger partial charge is 0.436 e. The molecule has 0 aromatic heterocycles. The van der Waals surface area contributed by atoms with Crippen molar-refractivity contribution >= 4 is 17.9 Å². The van der Waals surface area contributed by atoms with Crippen LogP contribution in [0.2, 0.25) is 0 Å². The predicted molar refractivity (Wildman–Crippen MR) is 122 cm³/mol. The zero-order chi connectivity index (χ0) is 25.1. The molecular weight excluding hydrogens is 432 g/mol. The first-order chi connectivity index (χ1) is 15.7. The van der Waals surface area contributed by atoms with Gasteiger partial charge < -0.3 is 28.4 Å². The SMILES string of the molecule is CCCCOC(C)OC(=O)/C=C(/CC(=O)OC(C)OCCCC)C(=O)OC(C)OCCCC. The molecule has 9 heteroatoms. The van der Waals surface area contributed by atoms with Crippen LogP contribution in [0.25, 0.3) is 0 Å². The Kier molecular flexibility index (Phi) is 18.3. The summed E-state index contributed by atoms with van der Waals surface area (Å²) >= 11 is 0. The average molecular weight is 475 g/mol. The van der Waals surface area contributed by atoms with Crippen molar-refractivity contribution in [3.8, 4) is 0 Å². The molecule has 3 unspecified atom stereocenters. The second-order valence-corrected chi connectivity index (χ2v) is 7.55. The summed E-state index contributed by atoms with van der Waals surface area (Å²) in [5.41, 5.74) is -0.211. The quantitative estimate of drug-likeness (QED) is 0.0884. The molecule has 0 bridgehead atoms. The van der Waals surface area contributed by atoms with E-state index >= 15 is 0 Å². The molecule has 0 heterocycles. The number of hydrogen-bond donors (Lipinski definition) is 0. The van der Waals surface area contributed by atoms with Crippen molar-refractivity contribution < 1.29 is 42.8 Å². The minimum Gasteiger partial charge on any atom is -0.436 e. The van der Waals surface area contributed by atoms with Gasteiger partial charge in [0.05, 0.1) is 31.8 Å². The van der Waals surface area contributed by atoms with Crippen LogP contribution < -0.4 is 0 Å². The predicted octanol–water partition coefficient (Wildman–Crippen LogP) is 4.42. The van der Waals surface area contributed by atoms with E-state index < -0.39 is 43.2 Å². The van der Waals surface area contributed by atoms with E-state index in [0.717, 1.165) is 44.6 Å². The molecule has 0 fully saturated rings. The molecule has 192 valence electrons. The fourth-order valence-electron chi connectivity index (χ4n) is 2.41. The maximum atomic E-state index is 12.6. The van der Waals surface area contributed by atoms with Crippen LogP contribution in [0.5, 0.6) is 0 Å². The van der Waals surface area contributed by atoms with E-state index in [4.69, 9.17) is 28.4 Å². The highest BCUT2D eigenvalue weighted by atomic mass is 16.7. The molecule has 0 radical (unpaired) electrons. The molecule has 0 aliphatic rings. The van der Waals surface area contributed by atoms with Gasteiger partial charge in [0, 0.05) is 6.08 Å². The molecule has 0 amide bonds. The van der Waals surface area contributed by atoms with Crippen LogP contribution in [0.1, 0.15) is 86.5 Å². The molecule has 0 rings (SSSR count). The summed E-state index contributed by atoms with van der Waals surface area (Å²) in [6, 6.07) is 0. The molecule has 3 atom stereocenters. The Morgan fingerprint density at radius 1 is 0.667 bits per heavy atom. The van der Waals surface area contributed by atoms with E-state index in [1.807, 2.05) is 20.8 Å². The molecule has 0 aliphatic carbocycles. The summed E-state index contributed by atoms with van der Waals surface area (Å²) in [6.45, 7) is 12.1. The van der Waals surface area contributed by atoms with Crippen molar-refractivity contribution in [3.63, 3.8) is 0 Å². The van der Waals surface area contributed by atoms with E-state index in [1.165, 1.54) is 0 Å². The summed E-state index contributed by atoms with van der Waals surface area (Å²) in [5.74, 6) is -2.43. The zero-order valence-corrected chi connectivity index (χ0v) is 21.1. The topological polar surface area (TPSA) is 107 Å². The van der Waals surface area contributed by atoms with Crippen molar-refractivity contribution in [1.82, 2.24) is 0 Å². The van der Waals surface area contributed by atoms with Crippen LogP contribution >= 0.6 is 0 Å². The van der Waals surface area contributed by atoms with Gasteiger partial charge in [-0.3, -0.25) is 4.79 Å². The second-order valence-electron chi connectivity index (χ2n) is 7.55. The summed E-state index contributed by atoms with van der Waals surface area (Å²) in [5, 5.41) is 0. The number of unbranched alkanes of at least 4 members (excludes halogenated alkanes) is 3. The molecule has 33 heavy (non-hydrogen) atoms. The van der Waals surface area contributed by atoms with Gasteiger partial charge >= 0.3 is 17.9 Å². The number of hydrogen-bond acceptors (Lipinski definition) is 9. The number of carbonyl (C=O) groups excluding carboxylic acids is 3. The number of esters is 3. The average Bonchev–Trinajstić information content (AvgIpc) is 2.73. The molecule has 0 spiro atoms. The molecule has 0 aliphatic heterocycles. The van der Waals surface area contributed by atoms with Gasteiger partial charge in [-0.05, 0) is 40.0 Å². The molecular formula is C24H42O9. The number of carbonyl (C=O) groups is 3. The van der Waals surface area contributed by atoms with Crippen LogP contribution in [-0.2, 0) is 42.8 Å². The van der Waals surface area contributed by atoms with E-state index in [2.05, 4.69) is 0 Å². The van der Waals surface area contributed by atoms with Crippen LogP contribution in [0.4, 0.5) is 0 Å². The summed E-state index contributed by atoms with van der Waals surface area (Å²) in [4.78, 5) is 37.2. The highest BCUT2D eigenvalue weighted by molar-refractivity contribution is 5.99. The Labute approximate surface area is 198 Å². The van der Waals surface area contributed by atoms with Crippen molar-refractivity contribution in [3.05, 3.63) is 11.6 Å². The third-order valence-electron chi connectivity index (χ3n) is 4.29. The lowest BCUT2D eigenvalue weighted by Crippen LogP contribution is -2.25. The van der Waals surface area contributed by atoms with Gasteiger partial charge in [0.1, 0.15) is 0 Å². The molecule has 9 nitrogen and oxygen atoms in total. The standard InChI is InChI=1S/C24H42O9/c1-7-10-13-28-18(4)31-22(25)16-21(24(27)33-20(6)30-15-12-9-3)17-23(26)32-19(5)29-14-11-8-2/h16,18-20H,7-15,17H2,1-6H3/b21-16-. The van der Waals surface area contributed by atoms with Gasteiger partial charge in [0.15, 0.2) is 18.9 Å². The Hall–Kier alpha value is -1.97. The summed E-state index contributed by atoms with van der Waals surface area (Å²) in [6.07, 6.45) is 3.31. The highest BCUT2D eigenvalue weighted by Crippen LogP contribution is 2.12. The van der Waals surface area contributed by atoms with Gasteiger partial charge in [-0.15, -0.1) is 0 Å². The Bertz CT molecular complexity index is 588. The van der Waals surface area contributed by atoms with Crippen molar-refractivity contribution in [2.24, 2.45) is 0 Å². The highest BCUT2D eigenvalue weighted by Gasteiger charge is 2.22. The smallest absolute Gasteiger partial charge is 0.337 e. The molecule has 0 aromatic carbocycles. The molecule has 0 N–H and O–H groups in total. The van der Waals surface area contributed by atoms with E-state index in [-0.39, 0.29) is 5.57 Å². The van der Waals surface area contributed by atoms with Crippen LogP contribution in [0, 0.1) is 0 Å². The van der Waals surface area contributed by atoms with Crippen molar-refractivity contribution in [2.45, 2.75) is 105 Å². The maximum absolute atomic E-state index is 12.6. The first kappa shape index (κ1) is 31.0.